The number of allylic oxidation sites excluding steroid dienone is 1. The van der Waals surface area contributed by atoms with E-state index in [0.717, 1.165) is 36.6 Å². The maximum atomic E-state index is 5.75. The molecule has 16 heavy (non-hydrogen) atoms. The molecular weight excluding hydrogens is 200 g/mol. The molecule has 1 atom stereocenters. The molecule has 0 unspecified atom stereocenters. The van der Waals surface area contributed by atoms with E-state index in [1.54, 1.807) is 0 Å². The van der Waals surface area contributed by atoms with E-state index in [1.165, 1.54) is 5.56 Å². The standard InChI is InChI=1S/C13H18N2O/c1-9(2)12-4-3-11(13(7-14)15-12)10-5-6-16-8-10/h3-4,10H,1,5-8,14H2,2H3/t10-/m0/s1. The zero-order valence-electron chi connectivity index (χ0n) is 9.70. The molecule has 1 aliphatic rings. The van der Waals surface area contributed by atoms with Crippen molar-refractivity contribution in [3.05, 3.63) is 35.7 Å². The lowest BCUT2D eigenvalue weighted by Crippen LogP contribution is -2.10. The summed E-state index contributed by atoms with van der Waals surface area (Å²) in [5.74, 6) is 0.463. The van der Waals surface area contributed by atoms with E-state index in [-0.39, 0.29) is 0 Å². The maximum Gasteiger partial charge on any atom is 0.0657 e. The summed E-state index contributed by atoms with van der Waals surface area (Å²) >= 11 is 0. The van der Waals surface area contributed by atoms with Crippen molar-refractivity contribution in [1.82, 2.24) is 4.98 Å². The van der Waals surface area contributed by atoms with Crippen molar-refractivity contribution in [1.29, 1.82) is 0 Å². The fourth-order valence-electron chi connectivity index (χ4n) is 2.06. The molecular formula is C13H18N2O. The van der Waals surface area contributed by atoms with Crippen LogP contribution in [0.5, 0.6) is 0 Å². The summed E-state index contributed by atoms with van der Waals surface area (Å²) in [4.78, 5) is 4.56. The lowest BCUT2D eigenvalue weighted by molar-refractivity contribution is 0.193. The third-order valence-corrected chi connectivity index (χ3v) is 3.01. The first-order chi connectivity index (χ1) is 7.72. The van der Waals surface area contributed by atoms with Crippen molar-refractivity contribution in [3.8, 4) is 0 Å². The Morgan fingerprint density at radius 1 is 1.62 bits per heavy atom. The Kier molecular flexibility index (Phi) is 3.36. The minimum absolute atomic E-state index is 0.463. The fraction of sp³-hybridized carbons (Fsp3) is 0.462. The van der Waals surface area contributed by atoms with Gasteiger partial charge in [-0.15, -0.1) is 0 Å². The molecule has 0 aromatic carbocycles. The zero-order chi connectivity index (χ0) is 11.5. The zero-order valence-corrected chi connectivity index (χ0v) is 9.70. The molecule has 3 nitrogen and oxygen atoms in total. The summed E-state index contributed by atoms with van der Waals surface area (Å²) in [6.45, 7) is 7.98. The van der Waals surface area contributed by atoms with Gasteiger partial charge in [0, 0.05) is 19.1 Å². The minimum Gasteiger partial charge on any atom is -0.381 e. The Hall–Kier alpha value is -1.19. The molecule has 2 heterocycles. The van der Waals surface area contributed by atoms with Crippen molar-refractivity contribution >= 4 is 5.57 Å². The summed E-state index contributed by atoms with van der Waals surface area (Å²) < 4.78 is 5.40. The second-order valence-corrected chi connectivity index (χ2v) is 4.28. The van der Waals surface area contributed by atoms with Crippen molar-refractivity contribution in [2.45, 2.75) is 25.8 Å². The van der Waals surface area contributed by atoms with Gasteiger partial charge in [0.2, 0.25) is 0 Å². The SMILES string of the molecule is C=C(C)c1ccc([C@H]2CCOC2)c(CN)n1. The van der Waals surface area contributed by atoms with Crippen LogP contribution in [0.15, 0.2) is 18.7 Å². The normalized spacial score (nSPS) is 20.0. The first-order valence-corrected chi connectivity index (χ1v) is 5.66. The number of pyridine rings is 1. The van der Waals surface area contributed by atoms with Gasteiger partial charge in [0.25, 0.3) is 0 Å². The Balaban J connectivity index is 2.34. The number of rotatable bonds is 3. The van der Waals surface area contributed by atoms with E-state index in [4.69, 9.17) is 10.5 Å². The van der Waals surface area contributed by atoms with E-state index in [1.807, 2.05) is 13.0 Å². The first kappa shape index (κ1) is 11.3. The summed E-state index contributed by atoms with van der Waals surface area (Å²) in [6, 6.07) is 4.15. The number of aromatic nitrogens is 1. The van der Waals surface area contributed by atoms with E-state index in [2.05, 4.69) is 17.6 Å². The maximum absolute atomic E-state index is 5.75. The van der Waals surface area contributed by atoms with Gasteiger partial charge in [-0.2, -0.15) is 0 Å². The molecule has 1 aromatic rings. The highest BCUT2D eigenvalue weighted by Crippen LogP contribution is 2.28. The Morgan fingerprint density at radius 3 is 3.00 bits per heavy atom. The number of hydrogen-bond donors (Lipinski definition) is 1. The van der Waals surface area contributed by atoms with Crippen molar-refractivity contribution in [3.63, 3.8) is 0 Å². The first-order valence-electron chi connectivity index (χ1n) is 5.66. The molecule has 3 heteroatoms. The van der Waals surface area contributed by atoms with Gasteiger partial charge >= 0.3 is 0 Å². The highest BCUT2D eigenvalue weighted by Gasteiger charge is 2.21. The molecule has 1 aromatic heterocycles. The summed E-state index contributed by atoms with van der Waals surface area (Å²) in [6.07, 6.45) is 1.07. The van der Waals surface area contributed by atoms with Gasteiger partial charge in [0.05, 0.1) is 18.0 Å². The van der Waals surface area contributed by atoms with Crippen LogP contribution in [0.25, 0.3) is 5.57 Å². The minimum atomic E-state index is 0.463. The molecule has 0 saturated carbocycles. The average Bonchev–Trinajstić information content (AvgIpc) is 2.81. The lowest BCUT2D eigenvalue weighted by Gasteiger charge is -2.13. The van der Waals surface area contributed by atoms with E-state index >= 15 is 0 Å². The average molecular weight is 218 g/mol. The van der Waals surface area contributed by atoms with E-state index < -0.39 is 0 Å². The lowest BCUT2D eigenvalue weighted by atomic mass is 9.96. The van der Waals surface area contributed by atoms with Crippen molar-refractivity contribution in [2.24, 2.45) is 5.73 Å². The van der Waals surface area contributed by atoms with Gasteiger partial charge in [-0.3, -0.25) is 4.98 Å². The molecule has 0 amide bonds. The predicted molar refractivity (Wildman–Crippen MR) is 65.0 cm³/mol. The second kappa shape index (κ2) is 4.76. The number of ether oxygens (including phenoxy) is 1. The summed E-state index contributed by atoms with van der Waals surface area (Å²) in [5.41, 5.74) is 9.89. The molecule has 1 fully saturated rings. The van der Waals surface area contributed by atoms with Gasteiger partial charge < -0.3 is 10.5 Å². The molecule has 0 spiro atoms. The Labute approximate surface area is 96.3 Å². The third-order valence-electron chi connectivity index (χ3n) is 3.01. The molecule has 86 valence electrons. The number of nitrogens with zero attached hydrogens (tertiary/aromatic N) is 1. The number of nitrogens with two attached hydrogens (primary N) is 1. The Bertz CT molecular complexity index is 395. The highest BCUT2D eigenvalue weighted by molar-refractivity contribution is 5.58. The molecule has 1 saturated heterocycles. The van der Waals surface area contributed by atoms with Crippen LogP contribution < -0.4 is 5.73 Å². The number of hydrogen-bond acceptors (Lipinski definition) is 3. The van der Waals surface area contributed by atoms with Gasteiger partial charge in [0.1, 0.15) is 0 Å². The Morgan fingerprint density at radius 2 is 2.44 bits per heavy atom. The molecule has 2 rings (SSSR count). The largest absolute Gasteiger partial charge is 0.381 e. The second-order valence-electron chi connectivity index (χ2n) is 4.28. The van der Waals surface area contributed by atoms with Gasteiger partial charge in [-0.25, -0.2) is 0 Å². The van der Waals surface area contributed by atoms with Crippen LogP contribution >= 0.6 is 0 Å². The van der Waals surface area contributed by atoms with Crippen LogP contribution in [-0.4, -0.2) is 18.2 Å². The molecule has 0 aliphatic carbocycles. The highest BCUT2D eigenvalue weighted by atomic mass is 16.5. The van der Waals surface area contributed by atoms with Crippen molar-refractivity contribution < 1.29 is 4.74 Å². The summed E-state index contributed by atoms with van der Waals surface area (Å²) in [7, 11) is 0. The van der Waals surface area contributed by atoms with E-state index in [0.29, 0.717) is 12.5 Å². The van der Waals surface area contributed by atoms with Crippen molar-refractivity contribution in [2.75, 3.05) is 13.2 Å². The van der Waals surface area contributed by atoms with Crippen LogP contribution in [-0.2, 0) is 11.3 Å². The molecule has 0 bridgehead atoms. The van der Waals surface area contributed by atoms with E-state index in [9.17, 15) is 0 Å². The van der Waals surface area contributed by atoms with Gasteiger partial charge in [0.15, 0.2) is 0 Å². The van der Waals surface area contributed by atoms with Crippen LogP contribution in [0.3, 0.4) is 0 Å². The topological polar surface area (TPSA) is 48.1 Å². The summed E-state index contributed by atoms with van der Waals surface area (Å²) in [5, 5.41) is 0. The van der Waals surface area contributed by atoms with Gasteiger partial charge in [-0.05, 0) is 30.5 Å². The van der Waals surface area contributed by atoms with Gasteiger partial charge in [-0.1, -0.05) is 12.6 Å². The molecule has 2 N–H and O–H groups in total. The van der Waals surface area contributed by atoms with Crippen LogP contribution in [0.1, 0.15) is 36.2 Å². The van der Waals surface area contributed by atoms with Crippen LogP contribution in [0.2, 0.25) is 0 Å². The fourth-order valence-corrected chi connectivity index (χ4v) is 2.06. The smallest absolute Gasteiger partial charge is 0.0657 e. The molecule has 1 aliphatic heterocycles. The van der Waals surface area contributed by atoms with Crippen LogP contribution in [0.4, 0.5) is 0 Å². The predicted octanol–water partition coefficient (Wildman–Crippen LogP) is 2.08. The molecule has 0 radical (unpaired) electrons. The monoisotopic (exact) mass is 218 g/mol. The third kappa shape index (κ3) is 2.15. The quantitative estimate of drug-likeness (QED) is 0.845. The van der Waals surface area contributed by atoms with Crippen LogP contribution in [0, 0.1) is 0 Å².